The maximum absolute atomic E-state index is 12.8. The Hall–Kier alpha value is -1.44. The van der Waals surface area contributed by atoms with Gasteiger partial charge in [-0.3, -0.25) is 10.2 Å². The average Bonchev–Trinajstić information content (AvgIpc) is 2.47. The van der Waals surface area contributed by atoms with Gasteiger partial charge in [-0.25, -0.2) is 13.4 Å². The number of piperidine rings is 1. The molecule has 0 aliphatic carbocycles. The Bertz CT molecular complexity index is 650. The summed E-state index contributed by atoms with van der Waals surface area (Å²) < 4.78 is 27.1. The third-order valence-electron chi connectivity index (χ3n) is 3.71. The predicted octanol–water partition coefficient (Wildman–Crippen LogP) is 1.38. The van der Waals surface area contributed by atoms with E-state index in [-0.39, 0.29) is 10.8 Å². The molecule has 6 nitrogen and oxygen atoms in total. The Labute approximate surface area is 132 Å². The highest BCUT2D eigenvalue weighted by Crippen LogP contribution is 2.24. The van der Waals surface area contributed by atoms with Gasteiger partial charge in [0.2, 0.25) is 10.0 Å². The Balaban J connectivity index is 2.35. The molecular formula is C15H23N3O3S. The Morgan fingerprint density at radius 3 is 2.41 bits per heavy atom. The van der Waals surface area contributed by atoms with Gasteiger partial charge in [-0.2, -0.15) is 4.31 Å². The van der Waals surface area contributed by atoms with Gasteiger partial charge in [0.1, 0.15) is 0 Å². The molecule has 0 radical (unpaired) electrons. The fourth-order valence-electron chi connectivity index (χ4n) is 2.53. The second-order valence-electron chi connectivity index (χ2n) is 5.78. The number of aryl methyl sites for hydroxylation is 1. The van der Waals surface area contributed by atoms with Crippen molar-refractivity contribution >= 4 is 15.9 Å². The van der Waals surface area contributed by atoms with Gasteiger partial charge in [-0.15, -0.1) is 0 Å². The highest BCUT2D eigenvalue weighted by atomic mass is 32.2. The second-order valence-corrected chi connectivity index (χ2v) is 7.69. The third kappa shape index (κ3) is 3.66. The van der Waals surface area contributed by atoms with Crippen LogP contribution in [0.1, 0.15) is 35.2 Å². The number of carbonyl (C=O) groups is 1. The van der Waals surface area contributed by atoms with E-state index in [1.54, 1.807) is 33.2 Å². The summed E-state index contributed by atoms with van der Waals surface area (Å²) in [4.78, 5) is 12.3. The lowest BCUT2D eigenvalue weighted by atomic mass is 10.1. The van der Waals surface area contributed by atoms with Crippen molar-refractivity contribution in [3.05, 3.63) is 29.3 Å². The number of hydrazine groups is 1. The van der Waals surface area contributed by atoms with Crippen LogP contribution in [0.4, 0.5) is 0 Å². The van der Waals surface area contributed by atoms with Crippen LogP contribution in [0, 0.1) is 6.92 Å². The summed E-state index contributed by atoms with van der Waals surface area (Å²) in [6.45, 7) is 2.86. The van der Waals surface area contributed by atoms with E-state index in [1.165, 1.54) is 15.4 Å². The van der Waals surface area contributed by atoms with Gasteiger partial charge in [-0.1, -0.05) is 12.5 Å². The predicted molar refractivity (Wildman–Crippen MR) is 84.9 cm³/mol. The van der Waals surface area contributed by atoms with Gasteiger partial charge in [0.15, 0.2) is 0 Å². The molecule has 1 N–H and O–H groups in total. The average molecular weight is 325 g/mol. The smallest absolute Gasteiger partial charge is 0.265 e. The lowest BCUT2D eigenvalue weighted by Crippen LogP contribution is -2.37. The molecule has 1 aromatic rings. The van der Waals surface area contributed by atoms with E-state index in [4.69, 9.17) is 0 Å². The lowest BCUT2D eigenvalue weighted by Gasteiger charge is -2.26. The third-order valence-corrected chi connectivity index (χ3v) is 5.75. The summed E-state index contributed by atoms with van der Waals surface area (Å²) in [7, 11) is -0.126. The number of benzene rings is 1. The molecule has 1 saturated heterocycles. The van der Waals surface area contributed by atoms with Crippen LogP contribution in [-0.4, -0.2) is 50.8 Å². The minimum absolute atomic E-state index is 0.223. The topological polar surface area (TPSA) is 69.7 Å². The number of hydrogen-bond donors (Lipinski definition) is 1. The zero-order valence-corrected chi connectivity index (χ0v) is 14.1. The fraction of sp³-hybridized carbons (Fsp3) is 0.533. The van der Waals surface area contributed by atoms with Crippen molar-refractivity contribution in [1.82, 2.24) is 14.7 Å². The quantitative estimate of drug-likeness (QED) is 0.849. The SMILES string of the molecule is Cc1ccc(C(=O)NN(C)C)cc1S(=O)(=O)N1CCCCC1. The zero-order chi connectivity index (χ0) is 16.3. The standard InChI is InChI=1S/C15H23N3O3S/c1-12-7-8-13(15(19)16-17(2)3)11-14(12)22(20,21)18-9-5-4-6-10-18/h7-8,11H,4-6,9-10H2,1-3H3,(H,16,19). The maximum atomic E-state index is 12.8. The summed E-state index contributed by atoms with van der Waals surface area (Å²) in [5.74, 6) is -0.319. The van der Waals surface area contributed by atoms with Gasteiger partial charge in [0.05, 0.1) is 4.90 Å². The molecule has 0 saturated carbocycles. The first-order valence-corrected chi connectivity index (χ1v) is 8.85. The molecule has 122 valence electrons. The summed E-state index contributed by atoms with van der Waals surface area (Å²) in [5, 5.41) is 1.53. The van der Waals surface area contributed by atoms with Crippen LogP contribution in [0.25, 0.3) is 0 Å². The van der Waals surface area contributed by atoms with Gasteiger partial charge >= 0.3 is 0 Å². The van der Waals surface area contributed by atoms with E-state index in [0.717, 1.165) is 19.3 Å². The first-order chi connectivity index (χ1) is 10.3. The molecule has 0 atom stereocenters. The molecule has 1 heterocycles. The zero-order valence-electron chi connectivity index (χ0n) is 13.3. The van der Waals surface area contributed by atoms with Gasteiger partial charge < -0.3 is 0 Å². The van der Waals surface area contributed by atoms with Crippen molar-refractivity contribution in [2.75, 3.05) is 27.2 Å². The van der Waals surface area contributed by atoms with Crippen LogP contribution in [0.5, 0.6) is 0 Å². The minimum Gasteiger partial charge on any atom is -0.285 e. The molecule has 1 aromatic carbocycles. The van der Waals surface area contributed by atoms with Crippen molar-refractivity contribution in [3.8, 4) is 0 Å². The van der Waals surface area contributed by atoms with Crippen molar-refractivity contribution in [2.24, 2.45) is 0 Å². The van der Waals surface area contributed by atoms with Crippen LogP contribution in [0.3, 0.4) is 0 Å². The molecule has 1 aliphatic rings. The summed E-state index contributed by atoms with van der Waals surface area (Å²) in [5.41, 5.74) is 3.62. The van der Waals surface area contributed by atoms with Crippen molar-refractivity contribution in [1.29, 1.82) is 0 Å². The number of hydrogen-bond acceptors (Lipinski definition) is 4. The van der Waals surface area contributed by atoms with Gasteiger partial charge in [0.25, 0.3) is 5.91 Å². The minimum atomic E-state index is -3.54. The van der Waals surface area contributed by atoms with Crippen molar-refractivity contribution in [2.45, 2.75) is 31.1 Å². The van der Waals surface area contributed by atoms with Crippen molar-refractivity contribution < 1.29 is 13.2 Å². The van der Waals surface area contributed by atoms with E-state index >= 15 is 0 Å². The van der Waals surface area contributed by atoms with Crippen LogP contribution < -0.4 is 5.43 Å². The molecule has 2 rings (SSSR count). The maximum Gasteiger partial charge on any atom is 0.265 e. The number of nitrogens with one attached hydrogen (secondary N) is 1. The van der Waals surface area contributed by atoms with Crippen LogP contribution in [0.15, 0.2) is 23.1 Å². The molecule has 0 bridgehead atoms. The van der Waals surface area contributed by atoms with E-state index in [9.17, 15) is 13.2 Å². The first kappa shape index (κ1) is 16.9. The molecule has 22 heavy (non-hydrogen) atoms. The fourth-order valence-corrected chi connectivity index (χ4v) is 4.30. The highest BCUT2D eigenvalue weighted by molar-refractivity contribution is 7.89. The molecule has 7 heteroatoms. The number of nitrogens with zero attached hydrogens (tertiary/aromatic N) is 2. The molecule has 1 aliphatic heterocycles. The van der Waals surface area contributed by atoms with Crippen LogP contribution in [-0.2, 0) is 10.0 Å². The lowest BCUT2D eigenvalue weighted by molar-refractivity contribution is 0.0856. The number of rotatable bonds is 4. The number of carbonyl (C=O) groups excluding carboxylic acids is 1. The monoisotopic (exact) mass is 325 g/mol. The van der Waals surface area contributed by atoms with E-state index in [1.807, 2.05) is 0 Å². The van der Waals surface area contributed by atoms with E-state index in [0.29, 0.717) is 24.2 Å². The summed E-state index contributed by atoms with van der Waals surface area (Å²) >= 11 is 0. The van der Waals surface area contributed by atoms with Crippen molar-refractivity contribution in [3.63, 3.8) is 0 Å². The van der Waals surface area contributed by atoms with E-state index < -0.39 is 10.0 Å². The van der Waals surface area contributed by atoms with E-state index in [2.05, 4.69) is 5.43 Å². The molecule has 0 aromatic heterocycles. The number of sulfonamides is 1. The molecular weight excluding hydrogens is 302 g/mol. The Morgan fingerprint density at radius 1 is 1.18 bits per heavy atom. The summed E-state index contributed by atoms with van der Waals surface area (Å²) in [6, 6.07) is 4.79. The van der Waals surface area contributed by atoms with Gasteiger partial charge in [0, 0.05) is 32.7 Å². The molecule has 0 spiro atoms. The largest absolute Gasteiger partial charge is 0.285 e. The molecule has 1 fully saturated rings. The van der Waals surface area contributed by atoms with Gasteiger partial charge in [-0.05, 0) is 37.5 Å². The number of amides is 1. The summed E-state index contributed by atoms with van der Waals surface area (Å²) in [6.07, 6.45) is 2.84. The first-order valence-electron chi connectivity index (χ1n) is 7.41. The Kier molecular flexibility index (Phi) is 5.20. The molecule has 1 amide bonds. The molecule has 0 unspecified atom stereocenters. The van der Waals surface area contributed by atoms with Crippen LogP contribution >= 0.6 is 0 Å². The highest BCUT2D eigenvalue weighted by Gasteiger charge is 2.28. The Morgan fingerprint density at radius 2 is 1.82 bits per heavy atom. The van der Waals surface area contributed by atoms with Crippen LogP contribution in [0.2, 0.25) is 0 Å². The normalized spacial score (nSPS) is 16.7. The second kappa shape index (κ2) is 6.76.